The first-order chi connectivity index (χ1) is 9.35. The minimum Gasteiger partial charge on any atom is -0.480 e. The fraction of sp³-hybridized carbons (Fsp3) is 0.714. The molecule has 1 fully saturated rings. The van der Waals surface area contributed by atoms with E-state index in [1.54, 1.807) is 7.11 Å². The molecule has 106 valence electrons. The first kappa shape index (κ1) is 14.2. The zero-order chi connectivity index (χ0) is 13.5. The topological polar surface area (TPSA) is 56.3 Å². The monoisotopic (exact) mass is 265 g/mol. The van der Waals surface area contributed by atoms with Crippen LogP contribution in [0.5, 0.6) is 5.88 Å². The van der Waals surface area contributed by atoms with Crippen LogP contribution in [0.4, 0.5) is 0 Å². The molecular formula is C14H23N3O2. The predicted octanol–water partition coefficient (Wildman–Crippen LogP) is 1.95. The van der Waals surface area contributed by atoms with Crippen LogP contribution in [0, 0.1) is 5.92 Å². The van der Waals surface area contributed by atoms with Crippen LogP contribution in [0.1, 0.15) is 37.9 Å². The summed E-state index contributed by atoms with van der Waals surface area (Å²) < 4.78 is 10.5. The fourth-order valence-electron chi connectivity index (χ4n) is 2.47. The molecule has 0 spiro atoms. The number of nitrogens with one attached hydrogen (secondary N) is 1. The summed E-state index contributed by atoms with van der Waals surface area (Å²) in [7, 11) is 1.61. The second-order valence-electron chi connectivity index (χ2n) is 4.88. The van der Waals surface area contributed by atoms with Crippen LogP contribution in [0.2, 0.25) is 0 Å². The molecule has 2 rings (SSSR count). The van der Waals surface area contributed by atoms with E-state index in [1.165, 1.54) is 0 Å². The van der Waals surface area contributed by atoms with Crippen LogP contribution in [-0.2, 0) is 4.74 Å². The number of hydrogen-bond acceptors (Lipinski definition) is 5. The summed E-state index contributed by atoms with van der Waals surface area (Å²) in [6, 6.07) is 4.15. The second-order valence-corrected chi connectivity index (χ2v) is 4.88. The van der Waals surface area contributed by atoms with Gasteiger partial charge in [0.15, 0.2) is 0 Å². The lowest BCUT2D eigenvalue weighted by molar-refractivity contribution is 0.0529. The average molecular weight is 265 g/mol. The summed E-state index contributed by atoms with van der Waals surface area (Å²) in [6.45, 7) is 4.86. The number of hydrogen-bond donors (Lipinski definition) is 1. The van der Waals surface area contributed by atoms with E-state index in [2.05, 4.69) is 22.4 Å². The molecule has 1 aliphatic rings. The molecule has 1 saturated heterocycles. The van der Waals surface area contributed by atoms with Crippen molar-refractivity contribution in [3.8, 4) is 5.88 Å². The van der Waals surface area contributed by atoms with Crippen LogP contribution in [-0.4, -0.2) is 37.1 Å². The minimum atomic E-state index is 0.266. The standard InChI is InChI=1S/C14H23N3O2/c1-3-8-15-14(11-6-9-19-10-7-11)12-4-5-13(18-2)17-16-12/h4-5,11,14-15H,3,6-10H2,1-2H3. The Morgan fingerprint density at radius 2 is 2.16 bits per heavy atom. The molecule has 1 aromatic rings. The Morgan fingerprint density at radius 1 is 1.37 bits per heavy atom. The van der Waals surface area contributed by atoms with E-state index < -0.39 is 0 Å². The van der Waals surface area contributed by atoms with Crippen molar-refractivity contribution >= 4 is 0 Å². The van der Waals surface area contributed by atoms with Crippen LogP contribution < -0.4 is 10.1 Å². The highest BCUT2D eigenvalue weighted by atomic mass is 16.5. The number of ether oxygens (including phenoxy) is 2. The third kappa shape index (κ3) is 3.88. The van der Waals surface area contributed by atoms with Gasteiger partial charge in [-0.1, -0.05) is 6.92 Å². The lowest BCUT2D eigenvalue weighted by atomic mass is 9.89. The van der Waals surface area contributed by atoms with Crippen LogP contribution in [0.25, 0.3) is 0 Å². The second kappa shape index (κ2) is 7.40. The fourth-order valence-corrected chi connectivity index (χ4v) is 2.47. The van der Waals surface area contributed by atoms with Gasteiger partial charge in [0.05, 0.1) is 18.8 Å². The predicted molar refractivity (Wildman–Crippen MR) is 73.2 cm³/mol. The summed E-state index contributed by atoms with van der Waals surface area (Å²) in [5.41, 5.74) is 1.00. The van der Waals surface area contributed by atoms with Gasteiger partial charge in [0.1, 0.15) is 0 Å². The van der Waals surface area contributed by atoms with Crippen molar-refractivity contribution in [2.24, 2.45) is 5.92 Å². The summed E-state index contributed by atoms with van der Waals surface area (Å²) in [5.74, 6) is 1.13. The molecule has 2 heterocycles. The first-order valence-corrected chi connectivity index (χ1v) is 7.04. The van der Waals surface area contributed by atoms with Crippen molar-refractivity contribution in [3.63, 3.8) is 0 Å². The molecule has 1 atom stereocenters. The van der Waals surface area contributed by atoms with Crippen molar-refractivity contribution in [2.45, 2.75) is 32.2 Å². The van der Waals surface area contributed by atoms with Gasteiger partial charge in [0.25, 0.3) is 0 Å². The van der Waals surface area contributed by atoms with Gasteiger partial charge in [-0.2, -0.15) is 5.10 Å². The van der Waals surface area contributed by atoms with Crippen LogP contribution in [0.3, 0.4) is 0 Å². The Morgan fingerprint density at radius 3 is 2.74 bits per heavy atom. The van der Waals surface area contributed by atoms with Gasteiger partial charge >= 0.3 is 0 Å². The molecule has 5 nitrogen and oxygen atoms in total. The molecule has 0 amide bonds. The smallest absolute Gasteiger partial charge is 0.233 e. The summed E-state index contributed by atoms with van der Waals surface area (Å²) >= 11 is 0. The Kier molecular flexibility index (Phi) is 5.54. The van der Waals surface area contributed by atoms with Crippen molar-refractivity contribution in [2.75, 3.05) is 26.9 Å². The van der Waals surface area contributed by atoms with Gasteiger partial charge < -0.3 is 14.8 Å². The highest BCUT2D eigenvalue weighted by molar-refractivity contribution is 5.15. The van der Waals surface area contributed by atoms with Gasteiger partial charge in [-0.25, -0.2) is 0 Å². The Balaban J connectivity index is 2.10. The zero-order valence-corrected chi connectivity index (χ0v) is 11.8. The van der Waals surface area contributed by atoms with E-state index in [1.807, 2.05) is 12.1 Å². The van der Waals surface area contributed by atoms with E-state index >= 15 is 0 Å². The van der Waals surface area contributed by atoms with Gasteiger partial charge in [0, 0.05) is 19.3 Å². The maximum absolute atomic E-state index is 5.44. The third-order valence-electron chi connectivity index (χ3n) is 3.54. The van der Waals surface area contributed by atoms with E-state index in [4.69, 9.17) is 9.47 Å². The molecule has 1 aliphatic heterocycles. The van der Waals surface area contributed by atoms with Crippen molar-refractivity contribution in [3.05, 3.63) is 17.8 Å². The maximum Gasteiger partial charge on any atom is 0.233 e. The van der Waals surface area contributed by atoms with E-state index in [0.29, 0.717) is 11.8 Å². The summed E-state index contributed by atoms with van der Waals surface area (Å²) in [6.07, 6.45) is 3.27. The Bertz CT molecular complexity index is 363. The van der Waals surface area contributed by atoms with Crippen molar-refractivity contribution in [1.29, 1.82) is 0 Å². The number of aromatic nitrogens is 2. The van der Waals surface area contributed by atoms with Gasteiger partial charge in [0.2, 0.25) is 5.88 Å². The highest BCUT2D eigenvalue weighted by Gasteiger charge is 2.26. The van der Waals surface area contributed by atoms with E-state index in [-0.39, 0.29) is 6.04 Å². The number of nitrogens with zero attached hydrogens (tertiary/aromatic N) is 2. The highest BCUT2D eigenvalue weighted by Crippen LogP contribution is 2.29. The van der Waals surface area contributed by atoms with Crippen molar-refractivity contribution in [1.82, 2.24) is 15.5 Å². The molecule has 0 saturated carbocycles. The quantitative estimate of drug-likeness (QED) is 0.852. The first-order valence-electron chi connectivity index (χ1n) is 7.04. The molecule has 19 heavy (non-hydrogen) atoms. The normalized spacial score (nSPS) is 18.2. The summed E-state index contributed by atoms with van der Waals surface area (Å²) in [4.78, 5) is 0. The molecule has 1 N–H and O–H groups in total. The molecule has 1 unspecified atom stereocenters. The molecule has 0 aromatic carbocycles. The van der Waals surface area contributed by atoms with Crippen molar-refractivity contribution < 1.29 is 9.47 Å². The maximum atomic E-state index is 5.44. The lowest BCUT2D eigenvalue weighted by Crippen LogP contribution is -2.33. The number of rotatable bonds is 6. The Labute approximate surface area is 114 Å². The molecule has 0 bridgehead atoms. The van der Waals surface area contributed by atoms with Gasteiger partial charge in [-0.3, -0.25) is 0 Å². The SMILES string of the molecule is CCCNC(c1ccc(OC)nn1)C1CCOCC1. The Hall–Kier alpha value is -1.20. The van der Waals surface area contributed by atoms with Crippen LogP contribution in [0.15, 0.2) is 12.1 Å². The minimum absolute atomic E-state index is 0.266. The summed E-state index contributed by atoms with van der Waals surface area (Å²) in [5, 5.41) is 12.0. The average Bonchev–Trinajstić information content (AvgIpc) is 2.49. The number of methoxy groups -OCH3 is 1. The molecule has 0 radical (unpaired) electrons. The molecule has 1 aromatic heterocycles. The molecule has 0 aliphatic carbocycles. The zero-order valence-electron chi connectivity index (χ0n) is 11.8. The van der Waals surface area contributed by atoms with E-state index in [0.717, 1.165) is 44.7 Å². The molecular weight excluding hydrogens is 242 g/mol. The van der Waals surface area contributed by atoms with Crippen LogP contribution >= 0.6 is 0 Å². The molecule has 5 heteroatoms. The van der Waals surface area contributed by atoms with E-state index in [9.17, 15) is 0 Å². The van der Waals surface area contributed by atoms with Gasteiger partial charge in [-0.05, 0) is 37.8 Å². The third-order valence-corrected chi connectivity index (χ3v) is 3.54. The lowest BCUT2D eigenvalue weighted by Gasteiger charge is -2.30. The van der Waals surface area contributed by atoms with Gasteiger partial charge in [-0.15, -0.1) is 5.10 Å². The largest absolute Gasteiger partial charge is 0.480 e.